The number of rotatable bonds is 6. The van der Waals surface area contributed by atoms with Gasteiger partial charge in [-0.3, -0.25) is 9.78 Å². The number of pyridine rings is 1. The van der Waals surface area contributed by atoms with Gasteiger partial charge in [0.05, 0.1) is 24.3 Å². The summed E-state index contributed by atoms with van der Waals surface area (Å²) in [6.07, 6.45) is 6.99. The number of anilines is 2. The number of ketones is 1. The van der Waals surface area contributed by atoms with Gasteiger partial charge >= 0.3 is 0 Å². The molecule has 0 unspecified atom stereocenters. The van der Waals surface area contributed by atoms with E-state index < -0.39 is 0 Å². The van der Waals surface area contributed by atoms with E-state index in [1.165, 1.54) is 6.07 Å². The van der Waals surface area contributed by atoms with Gasteiger partial charge < -0.3 is 15.4 Å². The van der Waals surface area contributed by atoms with E-state index in [9.17, 15) is 9.18 Å². The Labute approximate surface area is 206 Å². The summed E-state index contributed by atoms with van der Waals surface area (Å²) in [5.41, 5.74) is 9.19. The number of aromatic nitrogens is 5. The maximum absolute atomic E-state index is 14.9. The third kappa shape index (κ3) is 4.47. The summed E-state index contributed by atoms with van der Waals surface area (Å²) in [4.78, 5) is 36.7. The van der Waals surface area contributed by atoms with Gasteiger partial charge in [0, 0.05) is 55.1 Å². The fourth-order valence-electron chi connectivity index (χ4n) is 4.38. The number of morpholine rings is 1. The fourth-order valence-corrected chi connectivity index (χ4v) is 4.38. The van der Waals surface area contributed by atoms with Crippen LogP contribution in [-0.4, -0.2) is 57.0 Å². The molecule has 1 aromatic carbocycles. The second-order valence-corrected chi connectivity index (χ2v) is 9.12. The van der Waals surface area contributed by atoms with E-state index in [1.807, 2.05) is 0 Å². The van der Waals surface area contributed by atoms with Crippen molar-refractivity contribution < 1.29 is 13.9 Å². The Kier molecular flexibility index (Phi) is 5.73. The van der Waals surface area contributed by atoms with Gasteiger partial charge in [-0.05, 0) is 36.6 Å². The fraction of sp³-hybridized carbons (Fsp3) is 0.308. The average Bonchev–Trinajstić information content (AvgIpc) is 3.76. The van der Waals surface area contributed by atoms with Crippen LogP contribution in [0, 0.1) is 11.7 Å². The van der Waals surface area contributed by atoms with Crippen molar-refractivity contribution in [1.82, 2.24) is 24.9 Å². The minimum absolute atomic E-state index is 0.159. The van der Waals surface area contributed by atoms with E-state index in [2.05, 4.69) is 19.9 Å². The first-order chi connectivity index (χ1) is 17.5. The molecule has 4 heterocycles. The molecule has 3 aromatic heterocycles. The molecule has 1 aliphatic heterocycles. The predicted molar refractivity (Wildman–Crippen MR) is 133 cm³/mol. The van der Waals surface area contributed by atoms with Crippen LogP contribution >= 0.6 is 0 Å². The molecule has 10 heteroatoms. The molecular weight excluding hydrogens is 461 g/mol. The highest BCUT2D eigenvalue weighted by atomic mass is 19.1. The summed E-state index contributed by atoms with van der Waals surface area (Å²) in [5, 5.41) is 0. The van der Waals surface area contributed by atoms with Crippen LogP contribution in [0.1, 0.15) is 18.4 Å². The minimum atomic E-state index is -0.381. The molecule has 2 aliphatic rings. The average molecular weight is 486 g/mol. The SMILES string of the molecule is Nc1ncc(-c2nc(N3CCOCC3)c3ncc(-c4cc(CC(=O)C5CC5)ccc4F)cc3n2)cn1. The van der Waals surface area contributed by atoms with Crippen LogP contribution in [0.4, 0.5) is 16.2 Å². The Morgan fingerprint density at radius 2 is 1.78 bits per heavy atom. The van der Waals surface area contributed by atoms with Crippen molar-refractivity contribution in [2.75, 3.05) is 36.9 Å². The summed E-state index contributed by atoms with van der Waals surface area (Å²) in [6, 6.07) is 6.62. The summed E-state index contributed by atoms with van der Waals surface area (Å²) in [6.45, 7) is 2.50. The standard InChI is InChI=1S/C26H24FN7O2/c27-20-4-1-15(10-22(35)16-2-3-16)9-19(20)17-11-21-23(29-12-17)25(34-5-7-36-8-6-34)33-24(32-21)18-13-30-26(28)31-14-18/h1,4,9,11-14,16H,2-3,5-8,10H2,(H2,28,30,31). The molecule has 0 spiro atoms. The van der Waals surface area contributed by atoms with Crippen LogP contribution < -0.4 is 10.6 Å². The largest absolute Gasteiger partial charge is 0.378 e. The van der Waals surface area contributed by atoms with Crippen molar-refractivity contribution in [3.63, 3.8) is 0 Å². The lowest BCUT2D eigenvalue weighted by atomic mass is 9.99. The first-order valence-electron chi connectivity index (χ1n) is 11.9. The number of nitrogens with two attached hydrogens (primary N) is 1. The van der Waals surface area contributed by atoms with Crippen LogP contribution in [-0.2, 0) is 16.0 Å². The molecule has 6 rings (SSSR count). The Morgan fingerprint density at radius 3 is 2.53 bits per heavy atom. The predicted octanol–water partition coefficient (Wildman–Crippen LogP) is 3.23. The highest BCUT2D eigenvalue weighted by Gasteiger charge is 2.29. The zero-order valence-electron chi connectivity index (χ0n) is 19.5. The Hall–Kier alpha value is -4.05. The summed E-state index contributed by atoms with van der Waals surface area (Å²) < 4.78 is 20.4. The van der Waals surface area contributed by atoms with Crippen molar-refractivity contribution in [3.05, 3.63) is 54.2 Å². The molecule has 1 aliphatic carbocycles. The van der Waals surface area contributed by atoms with Gasteiger partial charge in [-0.1, -0.05) is 6.07 Å². The first-order valence-corrected chi connectivity index (χ1v) is 11.9. The monoisotopic (exact) mass is 485 g/mol. The maximum atomic E-state index is 14.9. The topological polar surface area (TPSA) is 120 Å². The molecule has 2 N–H and O–H groups in total. The second kappa shape index (κ2) is 9.19. The van der Waals surface area contributed by atoms with E-state index in [-0.39, 0.29) is 23.5 Å². The number of halogens is 1. The van der Waals surface area contributed by atoms with Crippen LogP contribution in [0.15, 0.2) is 42.9 Å². The van der Waals surface area contributed by atoms with Gasteiger partial charge in [0.2, 0.25) is 5.95 Å². The van der Waals surface area contributed by atoms with Gasteiger partial charge in [-0.25, -0.2) is 24.3 Å². The molecule has 2 fully saturated rings. The number of benzene rings is 1. The number of ether oxygens (including phenoxy) is 1. The molecule has 0 amide bonds. The summed E-state index contributed by atoms with van der Waals surface area (Å²) in [5.74, 6) is 1.24. The highest BCUT2D eigenvalue weighted by Crippen LogP contribution is 2.33. The lowest BCUT2D eigenvalue weighted by Crippen LogP contribution is -2.37. The van der Waals surface area contributed by atoms with Crippen molar-refractivity contribution >= 4 is 28.6 Å². The third-order valence-corrected chi connectivity index (χ3v) is 6.51. The van der Waals surface area contributed by atoms with Gasteiger partial charge in [0.1, 0.15) is 17.1 Å². The normalized spacial score (nSPS) is 15.9. The zero-order chi connectivity index (χ0) is 24.6. The number of fused-ring (bicyclic) bond motifs is 1. The van der Waals surface area contributed by atoms with Crippen molar-refractivity contribution in [2.24, 2.45) is 5.92 Å². The molecule has 4 aromatic rings. The molecule has 182 valence electrons. The van der Waals surface area contributed by atoms with Crippen molar-refractivity contribution in [3.8, 4) is 22.5 Å². The number of Topliss-reactive ketones (excluding diaryl/α,β-unsaturated/α-hetero) is 1. The lowest BCUT2D eigenvalue weighted by Gasteiger charge is -2.28. The number of nitrogen functional groups attached to an aromatic ring is 1. The minimum Gasteiger partial charge on any atom is -0.378 e. The van der Waals surface area contributed by atoms with Crippen molar-refractivity contribution in [2.45, 2.75) is 19.3 Å². The quantitative estimate of drug-likeness (QED) is 0.439. The number of nitrogens with zero attached hydrogens (tertiary/aromatic N) is 6. The number of hydrogen-bond acceptors (Lipinski definition) is 9. The molecule has 0 atom stereocenters. The Morgan fingerprint density at radius 1 is 1.03 bits per heavy atom. The Balaban J connectivity index is 1.45. The summed E-state index contributed by atoms with van der Waals surface area (Å²) >= 11 is 0. The second-order valence-electron chi connectivity index (χ2n) is 9.12. The van der Waals surface area contributed by atoms with E-state index >= 15 is 0 Å². The van der Waals surface area contributed by atoms with E-state index in [0.29, 0.717) is 72.1 Å². The van der Waals surface area contributed by atoms with Crippen molar-refractivity contribution in [1.29, 1.82) is 0 Å². The Bertz CT molecular complexity index is 1450. The molecule has 9 nitrogen and oxygen atoms in total. The van der Waals surface area contributed by atoms with Gasteiger partial charge in [-0.2, -0.15) is 0 Å². The zero-order valence-corrected chi connectivity index (χ0v) is 19.5. The molecule has 1 saturated carbocycles. The third-order valence-electron chi connectivity index (χ3n) is 6.51. The molecule has 1 saturated heterocycles. The highest BCUT2D eigenvalue weighted by molar-refractivity contribution is 5.90. The van der Waals surface area contributed by atoms with Crippen LogP contribution in [0.2, 0.25) is 0 Å². The smallest absolute Gasteiger partial charge is 0.219 e. The lowest BCUT2D eigenvalue weighted by molar-refractivity contribution is -0.119. The van der Waals surface area contributed by atoms with E-state index in [1.54, 1.807) is 36.8 Å². The number of hydrogen-bond donors (Lipinski definition) is 1. The van der Waals surface area contributed by atoms with Gasteiger partial charge in [-0.15, -0.1) is 0 Å². The van der Waals surface area contributed by atoms with Crippen LogP contribution in [0.25, 0.3) is 33.5 Å². The summed E-state index contributed by atoms with van der Waals surface area (Å²) in [7, 11) is 0. The van der Waals surface area contributed by atoms with Crippen LogP contribution in [0.3, 0.4) is 0 Å². The maximum Gasteiger partial charge on any atom is 0.219 e. The molecule has 0 radical (unpaired) electrons. The first kappa shape index (κ1) is 22.4. The molecule has 0 bridgehead atoms. The van der Waals surface area contributed by atoms with E-state index in [4.69, 9.17) is 20.4 Å². The van der Waals surface area contributed by atoms with Gasteiger partial charge in [0.15, 0.2) is 11.6 Å². The van der Waals surface area contributed by atoms with Gasteiger partial charge in [0.25, 0.3) is 0 Å². The van der Waals surface area contributed by atoms with E-state index in [0.717, 1.165) is 18.4 Å². The molecule has 36 heavy (non-hydrogen) atoms. The molecular formula is C26H24FN7O2. The number of carbonyl (C=O) groups excluding carboxylic acids is 1. The number of carbonyl (C=O) groups is 1. The van der Waals surface area contributed by atoms with Crippen LogP contribution in [0.5, 0.6) is 0 Å².